The van der Waals surface area contributed by atoms with Crippen LogP contribution >= 0.6 is 0 Å². The second kappa shape index (κ2) is 8.01. The fourth-order valence-electron chi connectivity index (χ4n) is 3.13. The van der Waals surface area contributed by atoms with Crippen molar-refractivity contribution in [3.05, 3.63) is 58.0 Å². The van der Waals surface area contributed by atoms with Crippen LogP contribution < -0.4 is 4.74 Å². The molecule has 0 saturated carbocycles. The topological polar surface area (TPSA) is 120 Å². The number of sulfone groups is 1. The normalized spacial score (nSPS) is 18.0. The second-order valence-electron chi connectivity index (χ2n) is 6.60. The van der Waals surface area contributed by atoms with Gasteiger partial charge in [-0.05, 0) is 31.5 Å². The van der Waals surface area contributed by atoms with Gasteiger partial charge in [0.1, 0.15) is 11.5 Å². The summed E-state index contributed by atoms with van der Waals surface area (Å²) >= 11 is 0. The molecule has 1 aliphatic heterocycles. The predicted octanol–water partition coefficient (Wildman–Crippen LogP) is 2.09. The van der Waals surface area contributed by atoms with E-state index < -0.39 is 33.3 Å². The van der Waals surface area contributed by atoms with E-state index in [9.17, 15) is 23.3 Å². The maximum absolute atomic E-state index is 12.8. The lowest BCUT2D eigenvalue weighted by Gasteiger charge is -2.27. The summed E-state index contributed by atoms with van der Waals surface area (Å²) in [7, 11) is -3.20. The van der Waals surface area contributed by atoms with Crippen LogP contribution in [0.4, 0.5) is 5.69 Å². The van der Waals surface area contributed by atoms with Crippen LogP contribution in [0.3, 0.4) is 0 Å². The number of nitro groups is 1. The van der Waals surface area contributed by atoms with Crippen LogP contribution in [0.1, 0.15) is 17.9 Å². The molecule has 1 aliphatic rings. The van der Waals surface area contributed by atoms with E-state index in [1.165, 1.54) is 23.1 Å². The van der Waals surface area contributed by atoms with Gasteiger partial charge in [-0.25, -0.2) is 8.42 Å². The quantitative estimate of drug-likeness (QED) is 0.508. The molecule has 0 unspecified atom stereocenters. The number of carbonyl (C=O) groups is 1. The maximum atomic E-state index is 12.8. The summed E-state index contributed by atoms with van der Waals surface area (Å²) in [6.45, 7) is 1.43. The third kappa shape index (κ3) is 4.69. The molecule has 0 spiro atoms. The van der Waals surface area contributed by atoms with E-state index in [0.29, 0.717) is 17.9 Å². The molecule has 150 valence electrons. The highest BCUT2D eigenvalue weighted by Gasteiger charge is 2.35. The summed E-state index contributed by atoms with van der Waals surface area (Å²) in [5, 5.41) is 11.1. The minimum Gasteiger partial charge on any atom is -0.477 e. The van der Waals surface area contributed by atoms with Crippen LogP contribution in [0.5, 0.6) is 5.75 Å². The number of nitrogens with zero attached hydrogens (tertiary/aromatic N) is 2. The SMILES string of the molecule is Cc1ccc(CN(C(=O)COc2ccccc2[N+](=O)[O-])[C@H]2CCS(=O)(=O)C2)o1. The van der Waals surface area contributed by atoms with Crippen LogP contribution in [-0.2, 0) is 21.2 Å². The Morgan fingerprint density at radius 3 is 2.68 bits per heavy atom. The maximum Gasteiger partial charge on any atom is 0.310 e. The Hall–Kier alpha value is -2.88. The molecule has 28 heavy (non-hydrogen) atoms. The second-order valence-corrected chi connectivity index (χ2v) is 8.83. The fourth-order valence-corrected chi connectivity index (χ4v) is 4.86. The summed E-state index contributed by atoms with van der Waals surface area (Å²) in [6.07, 6.45) is 0.333. The zero-order chi connectivity index (χ0) is 20.3. The van der Waals surface area contributed by atoms with Crippen molar-refractivity contribution in [3.63, 3.8) is 0 Å². The lowest BCUT2D eigenvalue weighted by atomic mass is 10.2. The minimum atomic E-state index is -3.20. The number of hydrogen-bond acceptors (Lipinski definition) is 7. The fraction of sp³-hybridized carbons (Fsp3) is 0.389. The van der Waals surface area contributed by atoms with Crippen molar-refractivity contribution < 1.29 is 27.3 Å². The first-order valence-electron chi connectivity index (χ1n) is 8.66. The summed E-state index contributed by atoms with van der Waals surface area (Å²) < 4.78 is 34.6. The standard InChI is InChI=1S/C18H20N2O7S/c1-13-6-7-15(27-13)10-19(14-8-9-28(24,25)12-14)18(21)11-26-17-5-3-2-4-16(17)20(22)23/h2-7,14H,8-12H2,1H3/t14-/m0/s1. The van der Waals surface area contributed by atoms with E-state index in [0.717, 1.165) is 0 Å². The van der Waals surface area contributed by atoms with Crippen LogP contribution in [0.15, 0.2) is 40.8 Å². The summed E-state index contributed by atoms with van der Waals surface area (Å²) in [6, 6.07) is 8.76. The first-order valence-corrected chi connectivity index (χ1v) is 10.5. The van der Waals surface area contributed by atoms with Gasteiger partial charge in [0.05, 0.1) is 23.0 Å². The number of aryl methyl sites for hydroxylation is 1. The van der Waals surface area contributed by atoms with Gasteiger partial charge in [0, 0.05) is 12.1 Å². The van der Waals surface area contributed by atoms with Gasteiger partial charge in [-0.3, -0.25) is 14.9 Å². The Balaban J connectivity index is 1.76. The highest BCUT2D eigenvalue weighted by atomic mass is 32.2. The average Bonchev–Trinajstić information content (AvgIpc) is 3.22. The van der Waals surface area contributed by atoms with Crippen molar-refractivity contribution in [1.29, 1.82) is 0 Å². The monoisotopic (exact) mass is 408 g/mol. The van der Waals surface area contributed by atoms with E-state index in [1.807, 2.05) is 0 Å². The lowest BCUT2D eigenvalue weighted by Crippen LogP contribution is -2.43. The molecule has 1 amide bonds. The smallest absolute Gasteiger partial charge is 0.310 e. The average molecular weight is 408 g/mol. The lowest BCUT2D eigenvalue weighted by molar-refractivity contribution is -0.385. The number of carbonyl (C=O) groups excluding carboxylic acids is 1. The van der Waals surface area contributed by atoms with Crippen molar-refractivity contribution >= 4 is 21.4 Å². The Morgan fingerprint density at radius 2 is 2.07 bits per heavy atom. The summed E-state index contributed by atoms with van der Waals surface area (Å²) in [5.41, 5.74) is -0.244. The predicted molar refractivity (Wildman–Crippen MR) is 99.6 cm³/mol. The van der Waals surface area contributed by atoms with Crippen molar-refractivity contribution in [2.75, 3.05) is 18.1 Å². The molecule has 10 heteroatoms. The van der Waals surface area contributed by atoms with Gasteiger partial charge in [0.15, 0.2) is 22.2 Å². The molecule has 1 atom stereocenters. The van der Waals surface area contributed by atoms with E-state index in [2.05, 4.69) is 0 Å². The van der Waals surface area contributed by atoms with Crippen molar-refractivity contribution in [3.8, 4) is 5.75 Å². The van der Waals surface area contributed by atoms with Crippen molar-refractivity contribution in [2.24, 2.45) is 0 Å². The van der Waals surface area contributed by atoms with Gasteiger partial charge in [-0.2, -0.15) is 0 Å². The number of amides is 1. The number of rotatable bonds is 7. The third-order valence-corrected chi connectivity index (χ3v) is 6.26. The molecule has 2 heterocycles. The van der Waals surface area contributed by atoms with Gasteiger partial charge in [-0.1, -0.05) is 12.1 Å². The number of para-hydroxylation sites is 2. The number of nitro benzene ring substituents is 1. The number of benzene rings is 1. The summed E-state index contributed by atoms with van der Waals surface area (Å²) in [4.78, 5) is 24.7. The molecule has 1 fully saturated rings. The molecule has 0 radical (unpaired) electrons. The van der Waals surface area contributed by atoms with E-state index >= 15 is 0 Å². The Morgan fingerprint density at radius 1 is 1.32 bits per heavy atom. The molecule has 0 aliphatic carbocycles. The summed E-state index contributed by atoms with van der Waals surface area (Å²) in [5.74, 6) is 0.620. The van der Waals surface area contributed by atoms with E-state index in [1.54, 1.807) is 25.1 Å². The number of ether oxygens (including phenoxy) is 1. The van der Waals surface area contributed by atoms with E-state index in [-0.39, 0.29) is 29.5 Å². The van der Waals surface area contributed by atoms with Gasteiger partial charge in [-0.15, -0.1) is 0 Å². The van der Waals surface area contributed by atoms with Crippen LogP contribution in [0, 0.1) is 17.0 Å². The van der Waals surface area contributed by atoms with Crippen LogP contribution in [0.2, 0.25) is 0 Å². The zero-order valence-electron chi connectivity index (χ0n) is 15.2. The van der Waals surface area contributed by atoms with Gasteiger partial charge in [0.2, 0.25) is 0 Å². The molecule has 1 saturated heterocycles. The molecule has 9 nitrogen and oxygen atoms in total. The first kappa shape index (κ1) is 19.9. The number of hydrogen-bond donors (Lipinski definition) is 0. The van der Waals surface area contributed by atoms with Crippen molar-refractivity contribution in [2.45, 2.75) is 25.9 Å². The van der Waals surface area contributed by atoms with Crippen molar-refractivity contribution in [1.82, 2.24) is 4.90 Å². The Labute approximate surface area is 162 Å². The zero-order valence-corrected chi connectivity index (χ0v) is 16.1. The molecule has 0 bridgehead atoms. The van der Waals surface area contributed by atoms with Crippen LogP contribution in [0.25, 0.3) is 0 Å². The molecule has 0 N–H and O–H groups in total. The highest BCUT2D eigenvalue weighted by Crippen LogP contribution is 2.26. The molecular formula is C18H20N2O7S. The molecule has 1 aromatic heterocycles. The van der Waals surface area contributed by atoms with Gasteiger partial charge >= 0.3 is 5.69 Å². The van der Waals surface area contributed by atoms with E-state index in [4.69, 9.17) is 9.15 Å². The largest absolute Gasteiger partial charge is 0.477 e. The Kier molecular flexibility index (Phi) is 5.68. The van der Waals surface area contributed by atoms with Gasteiger partial charge < -0.3 is 14.1 Å². The van der Waals surface area contributed by atoms with Crippen LogP contribution in [-0.4, -0.2) is 48.3 Å². The molecular weight excluding hydrogens is 388 g/mol. The highest BCUT2D eigenvalue weighted by molar-refractivity contribution is 7.91. The minimum absolute atomic E-state index is 0.0175. The molecule has 2 aromatic rings. The molecule has 3 rings (SSSR count). The number of furan rings is 1. The molecule has 1 aromatic carbocycles. The third-order valence-electron chi connectivity index (χ3n) is 4.50. The Bertz CT molecular complexity index is 983. The first-order chi connectivity index (χ1) is 13.2. The van der Waals surface area contributed by atoms with Gasteiger partial charge in [0.25, 0.3) is 5.91 Å².